The first-order valence-corrected chi connectivity index (χ1v) is 31.0. The summed E-state index contributed by atoms with van der Waals surface area (Å²) in [7, 11) is 1.66. The summed E-state index contributed by atoms with van der Waals surface area (Å²) in [6.45, 7) is 10.00. The summed E-state index contributed by atoms with van der Waals surface area (Å²) in [5.74, 6) is 0.827. The highest BCUT2D eigenvalue weighted by molar-refractivity contribution is 7.80. The van der Waals surface area contributed by atoms with Gasteiger partial charge in [0.15, 0.2) is 15.3 Å². The number of aryl methyl sites for hydroxylation is 2. The van der Waals surface area contributed by atoms with E-state index in [1.54, 1.807) is 7.11 Å². The second-order valence-electron chi connectivity index (χ2n) is 21.5. The van der Waals surface area contributed by atoms with Crippen LogP contribution in [0.1, 0.15) is 49.7 Å². The fourth-order valence-corrected chi connectivity index (χ4v) is 12.4. The Kier molecular flexibility index (Phi) is 20.9. The summed E-state index contributed by atoms with van der Waals surface area (Å²) in [5, 5.41) is 27.8. The van der Waals surface area contributed by atoms with Crippen molar-refractivity contribution in [2.45, 2.75) is 70.5 Å². The maximum absolute atomic E-state index is 6.11. The van der Waals surface area contributed by atoms with Crippen LogP contribution in [0.15, 0.2) is 164 Å². The average Bonchev–Trinajstić information content (AvgIpc) is 3.70. The van der Waals surface area contributed by atoms with Gasteiger partial charge in [-0.25, -0.2) is 0 Å². The summed E-state index contributed by atoms with van der Waals surface area (Å²) in [4.78, 5) is 20.6. The molecule has 12 rings (SSSR count). The highest BCUT2D eigenvalue weighted by Gasteiger charge is 2.25. The quantitative estimate of drug-likeness (QED) is 0.0726. The van der Waals surface area contributed by atoms with Gasteiger partial charge in [0.1, 0.15) is 5.75 Å². The number of piperidine rings is 3. The minimum Gasteiger partial charge on any atom is -0.497 e. The zero-order valence-corrected chi connectivity index (χ0v) is 52.5. The van der Waals surface area contributed by atoms with Gasteiger partial charge in [0.2, 0.25) is 0 Å². The van der Waals surface area contributed by atoms with Crippen LogP contribution in [-0.2, 0) is 0 Å². The summed E-state index contributed by atoms with van der Waals surface area (Å²) in [5.41, 5.74) is 11.9. The minimum atomic E-state index is 0.354. The average molecular weight is 1250 g/mol. The minimum absolute atomic E-state index is 0.354. The zero-order chi connectivity index (χ0) is 59.2. The van der Waals surface area contributed by atoms with E-state index in [2.05, 4.69) is 130 Å². The van der Waals surface area contributed by atoms with Gasteiger partial charge in [0.25, 0.3) is 0 Å². The molecule has 19 heteroatoms. The fourth-order valence-electron chi connectivity index (χ4n) is 11.0. The lowest BCUT2D eigenvalue weighted by molar-refractivity contribution is 0.415. The van der Waals surface area contributed by atoms with Crippen LogP contribution in [0.5, 0.6) is 5.75 Å². The molecule has 3 fully saturated rings. The van der Waals surface area contributed by atoms with E-state index in [1.807, 2.05) is 110 Å². The first kappa shape index (κ1) is 60.8. The number of methoxy groups -OCH3 is 1. The van der Waals surface area contributed by atoms with Crippen molar-refractivity contribution in [1.29, 1.82) is 0 Å². The van der Waals surface area contributed by atoms with Crippen LogP contribution in [0.3, 0.4) is 0 Å². The molecule has 0 spiro atoms. The Morgan fingerprint density at radius 2 is 0.800 bits per heavy atom. The largest absolute Gasteiger partial charge is 0.497 e. The molecule has 0 unspecified atom stereocenters. The summed E-state index contributed by atoms with van der Waals surface area (Å²) in [6.07, 6.45) is 11.7. The number of fused-ring (bicyclic) bond motifs is 3. The van der Waals surface area contributed by atoms with Gasteiger partial charge in [-0.05, 0) is 210 Å². The van der Waals surface area contributed by atoms with Crippen LogP contribution in [0, 0.1) is 13.8 Å². The molecule has 6 heterocycles. The molecule has 0 atom stereocenters. The highest BCUT2D eigenvalue weighted by atomic mass is 35.5. The molecule has 9 aromatic rings. The molecule has 13 nitrogen and oxygen atoms in total. The number of ether oxygens (including phenoxy) is 1. The number of rotatable bonds is 10. The van der Waals surface area contributed by atoms with Gasteiger partial charge in [0.05, 0.1) is 23.7 Å². The Morgan fingerprint density at radius 3 is 1.16 bits per heavy atom. The Morgan fingerprint density at radius 1 is 0.447 bits per heavy atom. The number of thiocarbonyl (C=S) groups is 3. The standard InChI is InChI=1S/C22H23ClN4OS.2C22H23ClN4S/c1-28-18-5-3-16(4-6-18)25-22(29)26-17-9-12-27(13-10-17)21-8-11-24-20-14-15(23)2-7-19(20)21;1-15-2-5-17(6-3-15)25-22(28)26-18-9-12-27(13-10-18)21-8-11-24-20-14-16(23)4-7-19(20)21;1-15-4-2-3-5-19(15)26-22(28)25-17-9-12-27(13-10-17)21-8-11-24-20-14-16(23)6-7-18(20)21/h2-8,11,14,17H,9-10,12-13H2,1H3,(H2,25,26,29);2-8,11,14,18H,9-10,12-13H2,1H3,(H2,25,26,28);2-8,11,14,17H,9-10,12-13H2,1H3,(H2,25,26,28). The normalized spacial score (nSPS) is 14.8. The Bertz CT molecular complexity index is 3760. The van der Waals surface area contributed by atoms with E-state index in [4.69, 9.17) is 76.2 Å². The lowest BCUT2D eigenvalue weighted by Crippen LogP contribution is -2.46. The molecule has 6 aromatic carbocycles. The van der Waals surface area contributed by atoms with Crippen molar-refractivity contribution in [3.8, 4) is 5.75 Å². The maximum atomic E-state index is 6.11. The van der Waals surface area contributed by atoms with Crippen molar-refractivity contribution >= 4 is 154 Å². The molecule has 0 radical (unpaired) electrons. The Balaban J connectivity index is 0.000000142. The number of benzene rings is 6. The fraction of sp³-hybridized carbons (Fsp3) is 0.273. The highest BCUT2D eigenvalue weighted by Crippen LogP contribution is 2.33. The number of hydrogen-bond donors (Lipinski definition) is 6. The molecular formula is C66H69Cl3N12OS3. The molecule has 0 bridgehead atoms. The van der Waals surface area contributed by atoms with Crippen molar-refractivity contribution in [2.75, 3.05) is 77.0 Å². The summed E-state index contributed by atoms with van der Waals surface area (Å²) < 4.78 is 5.18. The molecule has 3 aliphatic heterocycles. The number of pyridine rings is 3. The summed E-state index contributed by atoms with van der Waals surface area (Å²) in [6, 6.07) is 49.3. The van der Waals surface area contributed by atoms with E-state index in [0.29, 0.717) is 38.5 Å². The van der Waals surface area contributed by atoms with E-state index in [0.717, 1.165) is 143 Å². The molecular weight excluding hydrogens is 1180 g/mol. The number of halogens is 3. The molecule has 3 aromatic heterocycles. The van der Waals surface area contributed by atoms with Gasteiger partial charge >= 0.3 is 0 Å². The van der Waals surface area contributed by atoms with Gasteiger partial charge in [-0.2, -0.15) is 0 Å². The summed E-state index contributed by atoms with van der Waals surface area (Å²) >= 11 is 34.8. The number of anilines is 6. The van der Waals surface area contributed by atoms with Crippen LogP contribution >= 0.6 is 71.5 Å². The van der Waals surface area contributed by atoms with Gasteiger partial charge in [-0.1, -0.05) is 70.7 Å². The molecule has 3 saturated heterocycles. The van der Waals surface area contributed by atoms with Gasteiger partial charge < -0.3 is 51.3 Å². The SMILES string of the molecule is COc1ccc(NC(=S)NC2CCN(c3ccnc4cc(Cl)ccc34)CC2)cc1.Cc1ccc(NC(=S)NC2CCN(c3ccnc4cc(Cl)ccc34)CC2)cc1.Cc1ccccc1NC(=S)NC1CCN(c2ccnc3cc(Cl)ccc23)CC1. The Hall–Kier alpha value is -7.31. The third kappa shape index (κ3) is 16.6. The smallest absolute Gasteiger partial charge is 0.171 e. The second-order valence-corrected chi connectivity index (χ2v) is 24.0. The molecule has 6 N–H and O–H groups in total. The predicted molar refractivity (Wildman–Crippen MR) is 369 cm³/mol. The number of aromatic nitrogens is 3. The van der Waals surface area contributed by atoms with E-state index in [1.165, 1.54) is 28.2 Å². The maximum Gasteiger partial charge on any atom is 0.171 e. The number of nitrogens with zero attached hydrogens (tertiary/aromatic N) is 6. The predicted octanol–water partition coefficient (Wildman–Crippen LogP) is 15.2. The van der Waals surface area contributed by atoms with Crippen molar-refractivity contribution in [3.63, 3.8) is 0 Å². The van der Waals surface area contributed by atoms with E-state index in [9.17, 15) is 0 Å². The molecule has 85 heavy (non-hydrogen) atoms. The topological polar surface area (TPSA) is 130 Å². The Labute approximate surface area is 529 Å². The van der Waals surface area contributed by atoms with E-state index >= 15 is 0 Å². The third-order valence-electron chi connectivity index (χ3n) is 15.6. The first-order chi connectivity index (χ1) is 41.3. The number of nitrogens with one attached hydrogen (secondary N) is 6. The van der Waals surface area contributed by atoms with Crippen molar-refractivity contribution in [2.24, 2.45) is 0 Å². The van der Waals surface area contributed by atoms with Gasteiger partial charge in [-0.3, -0.25) is 15.0 Å². The van der Waals surface area contributed by atoms with Crippen LogP contribution in [0.4, 0.5) is 34.1 Å². The van der Waals surface area contributed by atoms with Crippen LogP contribution in [0.2, 0.25) is 15.1 Å². The lowest BCUT2D eigenvalue weighted by atomic mass is 10.0. The molecule has 0 aliphatic carbocycles. The van der Waals surface area contributed by atoms with Crippen LogP contribution in [0.25, 0.3) is 32.7 Å². The van der Waals surface area contributed by atoms with Gasteiger partial charge in [-0.15, -0.1) is 0 Å². The lowest BCUT2D eigenvalue weighted by Gasteiger charge is -2.35. The number of para-hydroxylation sites is 1. The van der Waals surface area contributed by atoms with Crippen molar-refractivity contribution in [3.05, 3.63) is 190 Å². The molecule has 3 aliphatic rings. The third-order valence-corrected chi connectivity index (χ3v) is 17.0. The van der Waals surface area contributed by atoms with E-state index < -0.39 is 0 Å². The van der Waals surface area contributed by atoms with Crippen LogP contribution < -0.4 is 51.3 Å². The first-order valence-electron chi connectivity index (χ1n) is 28.7. The zero-order valence-electron chi connectivity index (χ0n) is 47.8. The van der Waals surface area contributed by atoms with Gasteiger partial charge in [0, 0.05) is 141 Å². The van der Waals surface area contributed by atoms with Crippen LogP contribution in [-0.4, -0.2) is 94.8 Å². The second kappa shape index (κ2) is 29.2. The molecule has 438 valence electrons. The van der Waals surface area contributed by atoms with Crippen molar-refractivity contribution in [1.82, 2.24) is 30.9 Å². The molecule has 0 saturated carbocycles. The van der Waals surface area contributed by atoms with Crippen molar-refractivity contribution < 1.29 is 4.74 Å². The molecule has 0 amide bonds. The number of hydrogen-bond acceptors (Lipinski definition) is 10. The van der Waals surface area contributed by atoms with E-state index in [-0.39, 0.29) is 0 Å². The monoisotopic (exact) mass is 1250 g/mol.